The summed E-state index contributed by atoms with van der Waals surface area (Å²) in [5.74, 6) is 2.81. The van der Waals surface area contributed by atoms with Gasteiger partial charge in [0.1, 0.15) is 5.82 Å². The molecule has 2 heterocycles. The van der Waals surface area contributed by atoms with Crippen molar-refractivity contribution in [3.63, 3.8) is 0 Å². The zero-order valence-electron chi connectivity index (χ0n) is 15.9. The Hall–Kier alpha value is -2.43. The first-order valence-electron chi connectivity index (χ1n) is 10.2. The Labute approximate surface area is 161 Å². The van der Waals surface area contributed by atoms with Crippen molar-refractivity contribution in [3.05, 3.63) is 42.6 Å². The number of hydrogen-bond donors (Lipinski definition) is 0. The lowest BCUT2D eigenvalue weighted by molar-refractivity contribution is -0.131. The van der Waals surface area contributed by atoms with Gasteiger partial charge in [-0.15, -0.1) is 0 Å². The van der Waals surface area contributed by atoms with Gasteiger partial charge in [-0.05, 0) is 18.4 Å². The highest BCUT2D eigenvalue weighted by Gasteiger charge is 2.23. The maximum Gasteiger partial charge on any atom is 0.222 e. The molecule has 1 aliphatic heterocycles. The van der Waals surface area contributed by atoms with E-state index in [0.29, 0.717) is 5.91 Å². The zero-order chi connectivity index (χ0) is 18.5. The third-order valence-corrected chi connectivity index (χ3v) is 5.87. The summed E-state index contributed by atoms with van der Waals surface area (Å²) in [6.45, 7) is 3.24. The average molecular weight is 364 g/mol. The quantitative estimate of drug-likeness (QED) is 0.810. The summed E-state index contributed by atoms with van der Waals surface area (Å²) in [4.78, 5) is 26.0. The Bertz CT molecular complexity index is 750. The molecule has 1 aromatic carbocycles. The highest BCUT2D eigenvalue weighted by atomic mass is 16.2. The van der Waals surface area contributed by atoms with Gasteiger partial charge in [-0.2, -0.15) is 0 Å². The van der Waals surface area contributed by atoms with E-state index in [-0.39, 0.29) is 0 Å². The molecule has 0 unspecified atom stereocenters. The molecule has 0 radical (unpaired) electrons. The molecule has 1 saturated heterocycles. The van der Waals surface area contributed by atoms with Crippen molar-refractivity contribution in [1.82, 2.24) is 14.9 Å². The molecular weight excluding hydrogens is 336 g/mol. The fraction of sp³-hybridized carbons (Fsp3) is 0.500. The van der Waals surface area contributed by atoms with Gasteiger partial charge >= 0.3 is 0 Å². The number of anilines is 1. The van der Waals surface area contributed by atoms with E-state index < -0.39 is 0 Å². The molecule has 1 amide bonds. The van der Waals surface area contributed by atoms with E-state index in [1.165, 1.54) is 25.7 Å². The van der Waals surface area contributed by atoms with E-state index in [1.807, 2.05) is 47.5 Å². The summed E-state index contributed by atoms with van der Waals surface area (Å²) in [6, 6.07) is 12.0. The van der Waals surface area contributed by atoms with Crippen LogP contribution in [0.25, 0.3) is 11.4 Å². The molecule has 4 rings (SSSR count). The molecule has 1 saturated carbocycles. The van der Waals surface area contributed by atoms with Crippen molar-refractivity contribution in [1.29, 1.82) is 0 Å². The molecule has 0 atom stereocenters. The molecule has 142 valence electrons. The predicted molar refractivity (Wildman–Crippen MR) is 107 cm³/mol. The van der Waals surface area contributed by atoms with Gasteiger partial charge in [-0.3, -0.25) is 4.79 Å². The fourth-order valence-electron chi connectivity index (χ4n) is 4.22. The Morgan fingerprint density at radius 3 is 2.48 bits per heavy atom. The van der Waals surface area contributed by atoms with E-state index in [4.69, 9.17) is 4.98 Å². The Morgan fingerprint density at radius 1 is 1.00 bits per heavy atom. The summed E-state index contributed by atoms with van der Waals surface area (Å²) in [5.41, 5.74) is 1.03. The highest BCUT2D eigenvalue weighted by Crippen LogP contribution is 2.29. The molecule has 1 aromatic heterocycles. The number of carbonyl (C=O) groups is 1. The van der Waals surface area contributed by atoms with Crippen molar-refractivity contribution >= 4 is 11.7 Å². The molecule has 0 N–H and O–H groups in total. The first-order chi connectivity index (χ1) is 13.3. The van der Waals surface area contributed by atoms with Crippen LogP contribution >= 0.6 is 0 Å². The minimum atomic E-state index is 0.328. The van der Waals surface area contributed by atoms with E-state index in [1.54, 1.807) is 0 Å². The van der Waals surface area contributed by atoms with E-state index >= 15 is 0 Å². The van der Waals surface area contributed by atoms with Gasteiger partial charge in [0.25, 0.3) is 0 Å². The fourth-order valence-corrected chi connectivity index (χ4v) is 4.22. The molecule has 5 nitrogen and oxygen atoms in total. The molecular formula is C22H28N4O. The second kappa shape index (κ2) is 8.51. The lowest BCUT2D eigenvalue weighted by atomic mass is 10.0. The standard InChI is InChI=1S/C22H28N4O/c27-21(11-10-18-6-4-5-7-18)26-16-14-25(15-17-26)20-12-13-23-22(24-20)19-8-2-1-3-9-19/h1-3,8-9,12-13,18H,4-7,10-11,14-17H2. The van der Waals surface area contributed by atoms with Crippen molar-refractivity contribution < 1.29 is 4.79 Å². The molecule has 1 aliphatic carbocycles. The smallest absolute Gasteiger partial charge is 0.222 e. The third-order valence-electron chi connectivity index (χ3n) is 5.87. The van der Waals surface area contributed by atoms with Crippen LogP contribution in [-0.4, -0.2) is 47.0 Å². The van der Waals surface area contributed by atoms with Crippen molar-refractivity contribution in [2.24, 2.45) is 5.92 Å². The van der Waals surface area contributed by atoms with Gasteiger partial charge in [0.15, 0.2) is 5.82 Å². The van der Waals surface area contributed by atoms with E-state index in [9.17, 15) is 4.79 Å². The highest BCUT2D eigenvalue weighted by molar-refractivity contribution is 5.76. The maximum atomic E-state index is 12.5. The average Bonchev–Trinajstić information content (AvgIpc) is 3.27. The second-order valence-electron chi connectivity index (χ2n) is 7.66. The first kappa shape index (κ1) is 18.0. The summed E-state index contributed by atoms with van der Waals surface area (Å²) in [7, 11) is 0. The van der Waals surface area contributed by atoms with Crippen LogP contribution in [0, 0.1) is 5.92 Å². The number of hydrogen-bond acceptors (Lipinski definition) is 4. The predicted octanol–water partition coefficient (Wildman–Crippen LogP) is 3.76. The van der Waals surface area contributed by atoms with Gasteiger partial charge in [-0.1, -0.05) is 56.0 Å². The van der Waals surface area contributed by atoms with Crippen LogP contribution in [0.3, 0.4) is 0 Å². The molecule has 2 aliphatic rings. The van der Waals surface area contributed by atoms with Crippen LogP contribution in [0.15, 0.2) is 42.6 Å². The normalized spacial score (nSPS) is 18.1. The third kappa shape index (κ3) is 4.46. The molecule has 2 aromatic rings. The van der Waals surface area contributed by atoms with Crippen molar-refractivity contribution in [3.8, 4) is 11.4 Å². The van der Waals surface area contributed by atoms with Crippen LogP contribution in [0.1, 0.15) is 38.5 Å². The lowest BCUT2D eigenvalue weighted by Crippen LogP contribution is -2.49. The summed E-state index contributed by atoms with van der Waals surface area (Å²) in [6.07, 6.45) is 8.95. The van der Waals surface area contributed by atoms with Gasteiger partial charge in [0.2, 0.25) is 5.91 Å². The first-order valence-corrected chi connectivity index (χ1v) is 10.2. The van der Waals surface area contributed by atoms with Crippen LogP contribution in [-0.2, 0) is 4.79 Å². The Morgan fingerprint density at radius 2 is 1.74 bits per heavy atom. The van der Waals surface area contributed by atoms with Gasteiger partial charge in [0.05, 0.1) is 0 Å². The molecule has 5 heteroatoms. The molecule has 0 bridgehead atoms. The SMILES string of the molecule is O=C(CCC1CCCC1)N1CCN(c2ccnc(-c3ccccc3)n2)CC1. The topological polar surface area (TPSA) is 49.3 Å². The van der Waals surface area contributed by atoms with E-state index in [2.05, 4.69) is 9.88 Å². The van der Waals surface area contributed by atoms with Crippen LogP contribution in [0.2, 0.25) is 0 Å². The number of benzene rings is 1. The number of aromatic nitrogens is 2. The lowest BCUT2D eigenvalue weighted by Gasteiger charge is -2.35. The number of carbonyl (C=O) groups excluding carboxylic acids is 1. The number of rotatable bonds is 5. The largest absolute Gasteiger partial charge is 0.353 e. The maximum absolute atomic E-state index is 12.5. The number of piperazine rings is 1. The minimum Gasteiger partial charge on any atom is -0.353 e. The monoisotopic (exact) mass is 364 g/mol. The zero-order valence-corrected chi connectivity index (χ0v) is 15.9. The second-order valence-corrected chi connectivity index (χ2v) is 7.66. The van der Waals surface area contributed by atoms with Gasteiger partial charge < -0.3 is 9.80 Å². The minimum absolute atomic E-state index is 0.328. The Balaban J connectivity index is 1.32. The van der Waals surface area contributed by atoms with Gasteiger partial charge in [-0.25, -0.2) is 9.97 Å². The number of nitrogens with zero attached hydrogens (tertiary/aromatic N) is 4. The molecule has 2 fully saturated rings. The van der Waals surface area contributed by atoms with Crippen LogP contribution in [0.5, 0.6) is 0 Å². The van der Waals surface area contributed by atoms with Gasteiger partial charge in [0, 0.05) is 44.4 Å². The summed E-state index contributed by atoms with van der Waals surface area (Å²) < 4.78 is 0. The number of amides is 1. The van der Waals surface area contributed by atoms with Crippen LogP contribution < -0.4 is 4.90 Å². The van der Waals surface area contributed by atoms with E-state index in [0.717, 1.165) is 62.1 Å². The summed E-state index contributed by atoms with van der Waals surface area (Å²) >= 11 is 0. The molecule has 27 heavy (non-hydrogen) atoms. The Kier molecular flexibility index (Phi) is 5.66. The van der Waals surface area contributed by atoms with Crippen molar-refractivity contribution in [2.45, 2.75) is 38.5 Å². The molecule has 0 spiro atoms. The van der Waals surface area contributed by atoms with Crippen LogP contribution in [0.4, 0.5) is 5.82 Å². The summed E-state index contributed by atoms with van der Waals surface area (Å²) in [5, 5.41) is 0. The van der Waals surface area contributed by atoms with Crippen molar-refractivity contribution in [2.75, 3.05) is 31.1 Å².